The zero-order valence-electron chi connectivity index (χ0n) is 17.1. The highest BCUT2D eigenvalue weighted by molar-refractivity contribution is 6.30. The van der Waals surface area contributed by atoms with Crippen molar-refractivity contribution in [1.29, 1.82) is 0 Å². The summed E-state index contributed by atoms with van der Waals surface area (Å²) >= 11 is 5.90. The van der Waals surface area contributed by atoms with E-state index in [1.165, 1.54) is 10.5 Å². The summed E-state index contributed by atoms with van der Waals surface area (Å²) in [6.07, 6.45) is 1.07. The number of hydrogen-bond donors (Lipinski definition) is 1. The molecule has 156 valence electrons. The van der Waals surface area contributed by atoms with Crippen molar-refractivity contribution >= 4 is 46.2 Å². The third-order valence-electron chi connectivity index (χ3n) is 5.17. The lowest BCUT2D eigenvalue weighted by Crippen LogP contribution is -2.38. The van der Waals surface area contributed by atoms with Crippen molar-refractivity contribution < 1.29 is 9.59 Å². The highest BCUT2D eigenvalue weighted by Gasteiger charge is 2.26. The molecule has 5 nitrogen and oxygen atoms in total. The second-order valence-corrected chi connectivity index (χ2v) is 7.75. The van der Waals surface area contributed by atoms with Gasteiger partial charge in [0.05, 0.1) is 23.5 Å². The number of rotatable bonds is 5. The average Bonchev–Trinajstić information content (AvgIpc) is 2.92. The van der Waals surface area contributed by atoms with Crippen molar-refractivity contribution in [2.75, 3.05) is 16.8 Å². The lowest BCUT2D eigenvalue weighted by molar-refractivity contribution is -0.120. The third-order valence-corrected chi connectivity index (χ3v) is 5.42. The Labute approximate surface area is 186 Å². The summed E-state index contributed by atoms with van der Waals surface area (Å²) in [4.78, 5) is 32.1. The van der Waals surface area contributed by atoms with Gasteiger partial charge in [-0.3, -0.25) is 14.6 Å². The van der Waals surface area contributed by atoms with Crippen LogP contribution in [0.1, 0.15) is 24.5 Å². The number of amides is 2. The van der Waals surface area contributed by atoms with Crippen LogP contribution in [-0.4, -0.2) is 24.1 Å². The molecular weight excluding hydrogens is 410 g/mol. The zero-order chi connectivity index (χ0) is 21.8. The second-order valence-electron chi connectivity index (χ2n) is 7.31. The first kappa shape index (κ1) is 20.8. The van der Waals surface area contributed by atoms with Crippen LogP contribution in [0, 0.1) is 0 Å². The number of fused-ring (bicyclic) bond motifs is 1. The predicted molar refractivity (Wildman–Crippen MR) is 126 cm³/mol. The number of nitrogens with one attached hydrogen (secondary N) is 1. The number of aliphatic imine (C=N–C) groups is 1. The maximum Gasteiger partial charge on any atom is 0.244 e. The summed E-state index contributed by atoms with van der Waals surface area (Å²) in [5.74, 6) is -0.462. The van der Waals surface area contributed by atoms with Crippen molar-refractivity contribution in [3.05, 3.63) is 88.9 Å². The van der Waals surface area contributed by atoms with E-state index in [0.717, 1.165) is 12.0 Å². The molecule has 0 fully saturated rings. The average molecular weight is 432 g/mol. The van der Waals surface area contributed by atoms with Gasteiger partial charge in [-0.2, -0.15) is 0 Å². The Kier molecular flexibility index (Phi) is 6.14. The van der Waals surface area contributed by atoms with Gasteiger partial charge in [-0.15, -0.1) is 0 Å². The van der Waals surface area contributed by atoms with Gasteiger partial charge in [-0.1, -0.05) is 54.9 Å². The minimum atomic E-state index is -0.291. The summed E-state index contributed by atoms with van der Waals surface area (Å²) in [6.45, 7) is 2.00. The van der Waals surface area contributed by atoms with Crippen LogP contribution in [0.3, 0.4) is 0 Å². The fourth-order valence-corrected chi connectivity index (χ4v) is 3.62. The molecule has 0 saturated carbocycles. The monoisotopic (exact) mass is 431 g/mol. The second kappa shape index (κ2) is 9.14. The normalized spacial score (nSPS) is 13.3. The fraction of sp³-hybridized carbons (Fsp3) is 0.160. The van der Waals surface area contributed by atoms with Crippen LogP contribution in [0.15, 0.2) is 77.8 Å². The third kappa shape index (κ3) is 4.84. The Hall–Kier alpha value is -3.44. The molecule has 2 amide bonds. The van der Waals surface area contributed by atoms with Crippen LogP contribution in [0.25, 0.3) is 0 Å². The Balaban J connectivity index is 1.59. The molecule has 6 heteroatoms. The van der Waals surface area contributed by atoms with Crippen molar-refractivity contribution in [2.24, 2.45) is 4.99 Å². The van der Waals surface area contributed by atoms with Gasteiger partial charge in [-0.25, -0.2) is 0 Å². The van der Waals surface area contributed by atoms with Crippen molar-refractivity contribution in [3.63, 3.8) is 0 Å². The highest BCUT2D eigenvalue weighted by atomic mass is 35.5. The summed E-state index contributed by atoms with van der Waals surface area (Å²) in [7, 11) is 0. The van der Waals surface area contributed by atoms with Crippen molar-refractivity contribution in [3.8, 4) is 0 Å². The number of aryl methyl sites for hydroxylation is 1. The molecule has 0 radical (unpaired) electrons. The van der Waals surface area contributed by atoms with E-state index in [2.05, 4.69) is 24.4 Å². The van der Waals surface area contributed by atoms with Gasteiger partial charge < -0.3 is 10.2 Å². The molecule has 3 aromatic rings. The van der Waals surface area contributed by atoms with Crippen molar-refractivity contribution in [2.45, 2.75) is 19.8 Å². The Morgan fingerprint density at radius 1 is 1.03 bits per heavy atom. The summed E-state index contributed by atoms with van der Waals surface area (Å²) in [5.41, 5.74) is 4.75. The van der Waals surface area contributed by atoms with E-state index in [1.807, 2.05) is 36.4 Å². The van der Waals surface area contributed by atoms with Gasteiger partial charge in [0.15, 0.2) is 0 Å². The maximum atomic E-state index is 13.2. The highest BCUT2D eigenvalue weighted by Crippen LogP contribution is 2.33. The quantitative estimate of drug-likeness (QED) is 0.588. The van der Waals surface area contributed by atoms with Gasteiger partial charge in [-0.05, 0) is 53.9 Å². The molecule has 1 aliphatic rings. The molecule has 0 unspecified atom stereocenters. The number of nitrogens with zero attached hydrogens (tertiary/aromatic N) is 2. The smallest absolute Gasteiger partial charge is 0.244 e. The topological polar surface area (TPSA) is 61.8 Å². The first-order valence-electron chi connectivity index (χ1n) is 10.1. The number of carbonyl (C=O) groups excluding carboxylic acids is 2. The van der Waals surface area contributed by atoms with Gasteiger partial charge >= 0.3 is 0 Å². The maximum absolute atomic E-state index is 13.2. The molecule has 1 heterocycles. The SMILES string of the molecule is CCc1ccc(C2=Nc3ccccc3N(CC(=O)Nc3ccc(Cl)cc3)C(=O)C2)cc1. The van der Waals surface area contributed by atoms with E-state index in [1.54, 1.807) is 24.3 Å². The Morgan fingerprint density at radius 2 is 1.74 bits per heavy atom. The van der Waals surface area contributed by atoms with E-state index < -0.39 is 0 Å². The van der Waals surface area contributed by atoms with Crippen LogP contribution in [0.2, 0.25) is 5.02 Å². The van der Waals surface area contributed by atoms with E-state index >= 15 is 0 Å². The molecule has 0 aromatic heterocycles. The molecule has 31 heavy (non-hydrogen) atoms. The Morgan fingerprint density at radius 3 is 2.45 bits per heavy atom. The molecule has 1 aliphatic heterocycles. The minimum Gasteiger partial charge on any atom is -0.325 e. The first-order chi connectivity index (χ1) is 15.0. The summed E-state index contributed by atoms with van der Waals surface area (Å²) < 4.78 is 0. The van der Waals surface area contributed by atoms with Gasteiger partial charge in [0.1, 0.15) is 6.54 Å². The lowest BCUT2D eigenvalue weighted by Gasteiger charge is -2.22. The predicted octanol–water partition coefficient (Wildman–Crippen LogP) is 5.40. The number of carbonyl (C=O) groups is 2. The molecule has 0 bridgehead atoms. The van der Waals surface area contributed by atoms with E-state index in [9.17, 15) is 9.59 Å². The number of halogens is 1. The molecule has 1 N–H and O–H groups in total. The number of hydrogen-bond acceptors (Lipinski definition) is 3. The van der Waals surface area contributed by atoms with Crippen LogP contribution in [0.5, 0.6) is 0 Å². The standard InChI is InChI=1S/C25H22ClN3O2/c1-2-17-7-9-18(10-8-17)22-15-25(31)29(23-6-4-3-5-21(23)28-22)16-24(30)27-20-13-11-19(26)12-14-20/h3-14H,2,15-16H2,1H3,(H,27,30). The van der Waals surface area contributed by atoms with Crippen LogP contribution in [-0.2, 0) is 16.0 Å². The Bertz CT molecular complexity index is 1140. The van der Waals surface area contributed by atoms with Gasteiger partial charge in [0.2, 0.25) is 11.8 Å². The van der Waals surface area contributed by atoms with Gasteiger partial charge in [0, 0.05) is 10.7 Å². The van der Waals surface area contributed by atoms with Crippen LogP contribution >= 0.6 is 11.6 Å². The van der Waals surface area contributed by atoms with E-state index in [4.69, 9.17) is 16.6 Å². The molecule has 3 aromatic carbocycles. The lowest BCUT2D eigenvalue weighted by atomic mass is 10.0. The largest absolute Gasteiger partial charge is 0.325 e. The molecular formula is C25H22ClN3O2. The number of para-hydroxylation sites is 2. The number of benzene rings is 3. The molecule has 0 saturated heterocycles. The minimum absolute atomic E-state index is 0.101. The zero-order valence-corrected chi connectivity index (χ0v) is 17.9. The molecule has 0 atom stereocenters. The molecule has 0 aliphatic carbocycles. The fourth-order valence-electron chi connectivity index (χ4n) is 3.50. The molecule has 4 rings (SSSR count). The number of anilines is 2. The van der Waals surface area contributed by atoms with E-state index in [0.29, 0.717) is 27.8 Å². The first-order valence-corrected chi connectivity index (χ1v) is 10.5. The van der Waals surface area contributed by atoms with Crippen molar-refractivity contribution in [1.82, 2.24) is 0 Å². The van der Waals surface area contributed by atoms with E-state index in [-0.39, 0.29) is 24.8 Å². The van der Waals surface area contributed by atoms with Crippen LogP contribution < -0.4 is 10.2 Å². The van der Waals surface area contributed by atoms with Gasteiger partial charge in [0.25, 0.3) is 0 Å². The van der Waals surface area contributed by atoms with Crippen LogP contribution in [0.4, 0.5) is 17.1 Å². The summed E-state index contributed by atoms with van der Waals surface area (Å²) in [5, 5.41) is 3.40. The molecule has 0 spiro atoms. The summed E-state index contributed by atoms with van der Waals surface area (Å²) in [6, 6.07) is 22.3.